The molecule has 0 fully saturated rings. The molecule has 0 radical (unpaired) electrons. The van der Waals surface area contributed by atoms with Crippen molar-refractivity contribution < 1.29 is 13.2 Å². The molecule has 1 atom stereocenters. The second kappa shape index (κ2) is 8.84. The van der Waals surface area contributed by atoms with Crippen molar-refractivity contribution in [1.82, 2.24) is 0 Å². The number of ether oxygens (including phenoxy) is 1. The third kappa shape index (κ3) is 3.68. The number of hydrogen-bond donors (Lipinski definition) is 0. The Bertz CT molecular complexity index is 1440. The predicted octanol–water partition coefficient (Wildman–Crippen LogP) is 6.35. The van der Waals surface area contributed by atoms with Gasteiger partial charge in [-0.25, -0.2) is 12.7 Å². The fourth-order valence-electron chi connectivity index (χ4n) is 4.54. The number of anilines is 1. The predicted molar refractivity (Wildman–Crippen MR) is 136 cm³/mol. The Labute approximate surface area is 200 Å². The van der Waals surface area contributed by atoms with Crippen molar-refractivity contribution >= 4 is 21.4 Å². The third-order valence-corrected chi connectivity index (χ3v) is 7.87. The highest BCUT2D eigenvalue weighted by Crippen LogP contribution is 2.49. The van der Waals surface area contributed by atoms with Gasteiger partial charge in [0, 0.05) is 5.56 Å². The minimum absolute atomic E-state index is 0.211. The molecule has 0 amide bonds. The van der Waals surface area contributed by atoms with E-state index in [4.69, 9.17) is 4.74 Å². The van der Waals surface area contributed by atoms with Gasteiger partial charge in [-0.05, 0) is 42.3 Å². The lowest BCUT2D eigenvalue weighted by Gasteiger charge is -2.27. The first-order valence-electron chi connectivity index (χ1n) is 11.1. The summed E-state index contributed by atoms with van der Waals surface area (Å²) in [5, 5.41) is 0. The fourth-order valence-corrected chi connectivity index (χ4v) is 6.06. The monoisotopic (exact) mass is 467 g/mol. The highest BCUT2D eigenvalue weighted by Gasteiger charge is 2.41. The van der Waals surface area contributed by atoms with E-state index in [0.29, 0.717) is 17.1 Å². The van der Waals surface area contributed by atoms with E-state index < -0.39 is 10.0 Å². The van der Waals surface area contributed by atoms with Crippen LogP contribution in [0.3, 0.4) is 0 Å². The summed E-state index contributed by atoms with van der Waals surface area (Å²) >= 11 is 0. The number of nitrogens with zero attached hydrogens (tertiary/aromatic N) is 1. The molecule has 1 unspecified atom stereocenters. The van der Waals surface area contributed by atoms with E-state index >= 15 is 0 Å². The maximum atomic E-state index is 14.2. The molecule has 170 valence electrons. The van der Waals surface area contributed by atoms with E-state index in [1.165, 1.54) is 4.31 Å². The molecular formula is C29H25NO3S. The zero-order valence-electron chi connectivity index (χ0n) is 19.0. The van der Waals surface area contributed by atoms with Crippen molar-refractivity contribution in [3.8, 4) is 0 Å². The Morgan fingerprint density at radius 3 is 1.97 bits per heavy atom. The van der Waals surface area contributed by atoms with Gasteiger partial charge in [-0.15, -0.1) is 0 Å². The van der Waals surface area contributed by atoms with Crippen LogP contribution >= 0.6 is 0 Å². The second-order valence-electron chi connectivity index (χ2n) is 8.27. The van der Waals surface area contributed by atoms with Gasteiger partial charge in [-0.1, -0.05) is 90.5 Å². The van der Waals surface area contributed by atoms with E-state index in [1.54, 1.807) is 19.2 Å². The lowest BCUT2D eigenvalue weighted by atomic mass is 9.92. The summed E-state index contributed by atoms with van der Waals surface area (Å²) in [5.74, 6) is 0.392. The van der Waals surface area contributed by atoms with Crippen LogP contribution in [-0.4, -0.2) is 15.5 Å². The van der Waals surface area contributed by atoms with Crippen molar-refractivity contribution in [2.45, 2.75) is 17.7 Å². The molecule has 4 nitrogen and oxygen atoms in total. The Kier molecular flexibility index (Phi) is 5.72. The van der Waals surface area contributed by atoms with Crippen LogP contribution in [0.25, 0.3) is 5.70 Å². The quantitative estimate of drug-likeness (QED) is 0.332. The first-order chi connectivity index (χ1) is 16.5. The Balaban J connectivity index is 1.81. The SMILES string of the molecule is COC1=C(N(c2ccccc2)S(=O)(=O)c2ccc(C)cc2)c2ccccc2C1c1ccccc1. The summed E-state index contributed by atoms with van der Waals surface area (Å²) in [6.45, 7) is 1.94. The van der Waals surface area contributed by atoms with E-state index in [0.717, 1.165) is 22.3 Å². The van der Waals surface area contributed by atoms with Crippen LogP contribution in [0.4, 0.5) is 5.69 Å². The zero-order valence-corrected chi connectivity index (χ0v) is 19.9. The smallest absolute Gasteiger partial charge is 0.268 e. The van der Waals surface area contributed by atoms with Crippen LogP contribution in [0, 0.1) is 6.92 Å². The van der Waals surface area contributed by atoms with Gasteiger partial charge in [0.25, 0.3) is 10.0 Å². The van der Waals surface area contributed by atoms with Crippen molar-refractivity contribution in [1.29, 1.82) is 0 Å². The normalized spacial score (nSPS) is 15.2. The van der Waals surface area contributed by atoms with E-state index in [9.17, 15) is 8.42 Å². The van der Waals surface area contributed by atoms with E-state index in [-0.39, 0.29) is 10.8 Å². The zero-order chi connectivity index (χ0) is 23.7. The minimum atomic E-state index is -3.95. The minimum Gasteiger partial charge on any atom is -0.498 e. The molecular weight excluding hydrogens is 442 g/mol. The lowest BCUT2D eigenvalue weighted by molar-refractivity contribution is 0.277. The van der Waals surface area contributed by atoms with Crippen molar-refractivity contribution in [2.24, 2.45) is 0 Å². The van der Waals surface area contributed by atoms with Crippen molar-refractivity contribution in [3.05, 3.63) is 137 Å². The molecule has 0 N–H and O–H groups in total. The number of rotatable bonds is 6. The Morgan fingerprint density at radius 1 is 0.735 bits per heavy atom. The first kappa shape index (κ1) is 22.0. The Hall–Kier alpha value is -3.83. The van der Waals surface area contributed by atoms with Gasteiger partial charge in [0.15, 0.2) is 0 Å². The molecule has 4 aromatic carbocycles. The van der Waals surface area contributed by atoms with Gasteiger partial charge in [-0.2, -0.15) is 0 Å². The number of fused-ring (bicyclic) bond motifs is 1. The van der Waals surface area contributed by atoms with Crippen molar-refractivity contribution in [2.75, 3.05) is 11.4 Å². The lowest BCUT2D eigenvalue weighted by Crippen LogP contribution is -2.30. The molecule has 1 aliphatic carbocycles. The van der Waals surface area contributed by atoms with Gasteiger partial charge in [-0.3, -0.25) is 0 Å². The number of methoxy groups -OCH3 is 1. The molecule has 0 bridgehead atoms. The maximum absolute atomic E-state index is 14.2. The summed E-state index contributed by atoms with van der Waals surface area (Å²) in [6, 6.07) is 34.1. The molecule has 5 rings (SSSR count). The molecule has 0 saturated carbocycles. The van der Waals surface area contributed by atoms with Crippen LogP contribution < -0.4 is 4.31 Å². The highest BCUT2D eigenvalue weighted by molar-refractivity contribution is 7.93. The van der Waals surface area contributed by atoms with Crippen LogP contribution in [0.2, 0.25) is 0 Å². The number of benzene rings is 4. The number of hydrogen-bond acceptors (Lipinski definition) is 3. The molecule has 0 aliphatic heterocycles. The molecule has 0 heterocycles. The van der Waals surface area contributed by atoms with Gasteiger partial charge < -0.3 is 4.74 Å². The molecule has 34 heavy (non-hydrogen) atoms. The highest BCUT2D eigenvalue weighted by atomic mass is 32.2. The van der Waals surface area contributed by atoms with E-state index in [2.05, 4.69) is 0 Å². The number of sulfonamides is 1. The Morgan fingerprint density at radius 2 is 1.32 bits per heavy atom. The largest absolute Gasteiger partial charge is 0.498 e. The van der Waals surface area contributed by atoms with Gasteiger partial charge in [0.05, 0.1) is 23.6 Å². The number of aryl methyl sites for hydroxylation is 1. The molecule has 5 heteroatoms. The van der Waals surface area contributed by atoms with Gasteiger partial charge in [0.2, 0.25) is 0 Å². The molecule has 1 aliphatic rings. The fraction of sp³-hybridized carbons (Fsp3) is 0.103. The molecule has 0 aromatic heterocycles. The summed E-state index contributed by atoms with van der Waals surface area (Å²) in [7, 11) is -2.34. The molecule has 0 saturated heterocycles. The summed E-state index contributed by atoms with van der Waals surface area (Å²) in [6.07, 6.45) is 0. The maximum Gasteiger partial charge on any atom is 0.268 e. The first-order valence-corrected chi connectivity index (χ1v) is 12.6. The summed E-state index contributed by atoms with van der Waals surface area (Å²) in [4.78, 5) is 0.227. The average molecular weight is 468 g/mol. The summed E-state index contributed by atoms with van der Waals surface area (Å²) in [5.41, 5.74) is 4.99. The molecule has 4 aromatic rings. The van der Waals surface area contributed by atoms with Crippen molar-refractivity contribution in [3.63, 3.8) is 0 Å². The van der Waals surface area contributed by atoms with Gasteiger partial charge in [0.1, 0.15) is 11.5 Å². The molecule has 0 spiro atoms. The summed E-state index contributed by atoms with van der Waals surface area (Å²) < 4.78 is 35.8. The second-order valence-corrected chi connectivity index (χ2v) is 10.1. The third-order valence-electron chi connectivity index (χ3n) is 6.13. The standard InChI is InChI=1S/C29H25NO3S/c1-21-17-19-24(20-18-21)34(31,32)30(23-13-7-4-8-14-23)28-26-16-10-9-15-25(26)27(29(28)33-2)22-11-5-3-6-12-22/h3-20,27H,1-2H3. The topological polar surface area (TPSA) is 46.6 Å². The van der Waals surface area contributed by atoms with Crippen LogP contribution in [0.15, 0.2) is 120 Å². The van der Waals surface area contributed by atoms with Crippen LogP contribution in [0.1, 0.15) is 28.2 Å². The number of para-hydroxylation sites is 1. The van der Waals surface area contributed by atoms with Crippen LogP contribution in [0.5, 0.6) is 0 Å². The van der Waals surface area contributed by atoms with Gasteiger partial charge >= 0.3 is 0 Å². The average Bonchev–Trinajstić information content (AvgIpc) is 3.19. The van der Waals surface area contributed by atoms with E-state index in [1.807, 2.05) is 104 Å². The van der Waals surface area contributed by atoms with Crippen LogP contribution in [-0.2, 0) is 14.8 Å². The number of allylic oxidation sites excluding steroid dienone is 1.